The number of rotatable bonds is 3. The van der Waals surface area contributed by atoms with Crippen molar-refractivity contribution >= 4 is 23.6 Å². The molecule has 8 heteroatoms. The SMILES string of the molecule is O=C1CCC(N2Cc3cc4c(cc3C2=O)C(=O)N(CC2CNC2)C4)C(=O)N1. The largest absolute Gasteiger partial charge is 0.334 e. The molecule has 1 aromatic rings. The Bertz CT molecular complexity index is 892. The number of carbonyl (C=O) groups excluding carboxylic acids is 4. The summed E-state index contributed by atoms with van der Waals surface area (Å²) in [5, 5.41) is 5.52. The van der Waals surface area contributed by atoms with Crippen molar-refractivity contribution in [1.82, 2.24) is 20.4 Å². The zero-order chi connectivity index (χ0) is 18.7. The van der Waals surface area contributed by atoms with E-state index in [-0.39, 0.29) is 24.1 Å². The zero-order valence-corrected chi connectivity index (χ0v) is 14.8. The number of carbonyl (C=O) groups is 4. The summed E-state index contributed by atoms with van der Waals surface area (Å²) in [6.45, 7) is 3.53. The second-order valence-corrected chi connectivity index (χ2v) is 7.78. The van der Waals surface area contributed by atoms with Crippen LogP contribution in [-0.2, 0) is 22.7 Å². The molecule has 0 bridgehead atoms. The van der Waals surface area contributed by atoms with Gasteiger partial charge in [-0.25, -0.2) is 0 Å². The van der Waals surface area contributed by atoms with E-state index in [2.05, 4.69) is 10.6 Å². The van der Waals surface area contributed by atoms with Crippen molar-refractivity contribution in [3.05, 3.63) is 34.4 Å². The van der Waals surface area contributed by atoms with Gasteiger partial charge in [-0.15, -0.1) is 0 Å². The lowest BCUT2D eigenvalue weighted by molar-refractivity contribution is -0.136. The number of hydrogen-bond donors (Lipinski definition) is 2. The Morgan fingerprint density at radius 2 is 1.70 bits per heavy atom. The molecule has 2 saturated heterocycles. The van der Waals surface area contributed by atoms with E-state index in [1.54, 1.807) is 6.07 Å². The first-order valence-corrected chi connectivity index (χ1v) is 9.31. The van der Waals surface area contributed by atoms with Crippen LogP contribution in [0.2, 0.25) is 0 Å². The van der Waals surface area contributed by atoms with Crippen LogP contribution in [0.1, 0.15) is 44.7 Å². The Balaban J connectivity index is 1.38. The van der Waals surface area contributed by atoms with Crippen LogP contribution in [0.5, 0.6) is 0 Å². The minimum atomic E-state index is -0.629. The maximum Gasteiger partial charge on any atom is 0.255 e. The number of hydrogen-bond acceptors (Lipinski definition) is 5. The van der Waals surface area contributed by atoms with Crippen LogP contribution in [0.3, 0.4) is 0 Å². The maximum atomic E-state index is 12.9. The van der Waals surface area contributed by atoms with Crippen LogP contribution in [0, 0.1) is 5.92 Å². The minimum absolute atomic E-state index is 0.0213. The van der Waals surface area contributed by atoms with Gasteiger partial charge in [0.15, 0.2) is 0 Å². The number of amides is 4. The summed E-state index contributed by atoms with van der Waals surface area (Å²) in [7, 11) is 0. The van der Waals surface area contributed by atoms with Gasteiger partial charge in [0.05, 0.1) is 0 Å². The zero-order valence-electron chi connectivity index (χ0n) is 14.8. The molecule has 0 spiro atoms. The van der Waals surface area contributed by atoms with Crippen molar-refractivity contribution in [2.45, 2.75) is 32.0 Å². The molecule has 2 N–H and O–H groups in total. The van der Waals surface area contributed by atoms with Gasteiger partial charge in [-0.3, -0.25) is 24.5 Å². The number of fused-ring (bicyclic) bond motifs is 2. The van der Waals surface area contributed by atoms with Gasteiger partial charge in [0.2, 0.25) is 11.8 Å². The molecule has 4 aliphatic heterocycles. The molecule has 140 valence electrons. The van der Waals surface area contributed by atoms with Crippen molar-refractivity contribution < 1.29 is 19.2 Å². The van der Waals surface area contributed by atoms with Gasteiger partial charge in [0.25, 0.3) is 11.8 Å². The Labute approximate surface area is 155 Å². The summed E-state index contributed by atoms with van der Waals surface area (Å²) in [4.78, 5) is 52.5. The quantitative estimate of drug-likeness (QED) is 0.709. The lowest BCUT2D eigenvalue weighted by atomic mass is 10.0. The molecule has 0 aromatic heterocycles. The first kappa shape index (κ1) is 16.4. The van der Waals surface area contributed by atoms with E-state index in [1.807, 2.05) is 11.0 Å². The molecule has 4 aliphatic rings. The molecule has 0 aliphatic carbocycles. The second kappa shape index (κ2) is 5.88. The van der Waals surface area contributed by atoms with E-state index >= 15 is 0 Å². The first-order valence-electron chi connectivity index (χ1n) is 9.31. The van der Waals surface area contributed by atoms with Crippen LogP contribution in [0.25, 0.3) is 0 Å². The third-order valence-corrected chi connectivity index (χ3v) is 5.97. The maximum absolute atomic E-state index is 12.9. The number of piperidine rings is 1. The predicted molar refractivity (Wildman–Crippen MR) is 93.6 cm³/mol. The highest BCUT2D eigenvalue weighted by Crippen LogP contribution is 2.33. The molecule has 1 atom stereocenters. The van der Waals surface area contributed by atoms with Crippen molar-refractivity contribution in [2.24, 2.45) is 5.92 Å². The van der Waals surface area contributed by atoms with E-state index in [0.29, 0.717) is 36.6 Å². The average Bonchev–Trinajstić information content (AvgIpc) is 3.07. The fraction of sp³-hybridized carbons (Fsp3) is 0.474. The number of benzene rings is 1. The lowest BCUT2D eigenvalue weighted by Crippen LogP contribution is -2.52. The van der Waals surface area contributed by atoms with Gasteiger partial charge >= 0.3 is 0 Å². The molecule has 0 radical (unpaired) electrons. The van der Waals surface area contributed by atoms with Gasteiger partial charge in [-0.1, -0.05) is 6.07 Å². The predicted octanol–water partition coefficient (Wildman–Crippen LogP) is -0.377. The van der Waals surface area contributed by atoms with E-state index < -0.39 is 11.9 Å². The van der Waals surface area contributed by atoms with E-state index in [1.165, 1.54) is 4.90 Å². The monoisotopic (exact) mass is 368 g/mol. The summed E-state index contributed by atoms with van der Waals surface area (Å²) in [6, 6.07) is 3.00. The lowest BCUT2D eigenvalue weighted by Gasteiger charge is -2.31. The Morgan fingerprint density at radius 1 is 0.963 bits per heavy atom. The number of imide groups is 1. The molecule has 4 heterocycles. The Hall–Kier alpha value is -2.74. The fourth-order valence-electron chi connectivity index (χ4n) is 4.38. The summed E-state index contributed by atoms with van der Waals surface area (Å²) in [5.41, 5.74) is 2.89. The molecule has 1 unspecified atom stereocenters. The summed E-state index contributed by atoms with van der Waals surface area (Å²) in [5.74, 6) is -0.480. The summed E-state index contributed by atoms with van der Waals surface area (Å²) < 4.78 is 0. The molecule has 27 heavy (non-hydrogen) atoms. The van der Waals surface area contributed by atoms with Gasteiger partial charge in [0.1, 0.15) is 6.04 Å². The normalized spacial score (nSPS) is 24.8. The summed E-state index contributed by atoms with van der Waals surface area (Å²) >= 11 is 0. The minimum Gasteiger partial charge on any atom is -0.334 e. The highest BCUT2D eigenvalue weighted by atomic mass is 16.2. The third kappa shape index (κ3) is 2.55. The number of nitrogens with one attached hydrogen (secondary N) is 2. The third-order valence-electron chi connectivity index (χ3n) is 5.97. The van der Waals surface area contributed by atoms with Gasteiger partial charge < -0.3 is 15.1 Å². The Kier molecular flexibility index (Phi) is 3.58. The van der Waals surface area contributed by atoms with E-state index in [9.17, 15) is 19.2 Å². The van der Waals surface area contributed by atoms with Crippen LogP contribution in [0.15, 0.2) is 12.1 Å². The van der Waals surface area contributed by atoms with Crippen LogP contribution < -0.4 is 10.6 Å². The van der Waals surface area contributed by atoms with Crippen molar-refractivity contribution in [3.8, 4) is 0 Å². The summed E-state index contributed by atoms with van der Waals surface area (Å²) in [6.07, 6.45) is 0.572. The molecule has 2 fully saturated rings. The van der Waals surface area contributed by atoms with Crippen molar-refractivity contribution in [1.29, 1.82) is 0 Å². The van der Waals surface area contributed by atoms with Gasteiger partial charge in [0, 0.05) is 56.2 Å². The van der Waals surface area contributed by atoms with Gasteiger partial charge in [-0.05, 0) is 23.6 Å². The van der Waals surface area contributed by atoms with Crippen LogP contribution >= 0.6 is 0 Å². The first-order chi connectivity index (χ1) is 13.0. The molecular formula is C19H20N4O4. The fourth-order valence-corrected chi connectivity index (χ4v) is 4.38. The molecule has 1 aromatic carbocycles. The molecule has 0 saturated carbocycles. The van der Waals surface area contributed by atoms with Crippen LogP contribution in [0.4, 0.5) is 0 Å². The van der Waals surface area contributed by atoms with Crippen LogP contribution in [-0.4, -0.2) is 59.1 Å². The Morgan fingerprint density at radius 3 is 2.41 bits per heavy atom. The van der Waals surface area contributed by atoms with E-state index in [4.69, 9.17) is 0 Å². The molecule has 5 rings (SSSR count). The van der Waals surface area contributed by atoms with Crippen molar-refractivity contribution in [2.75, 3.05) is 19.6 Å². The second-order valence-electron chi connectivity index (χ2n) is 7.78. The highest BCUT2D eigenvalue weighted by molar-refractivity contribution is 6.07. The highest BCUT2D eigenvalue weighted by Gasteiger charge is 2.41. The molecule has 8 nitrogen and oxygen atoms in total. The standard InChI is InChI=1S/C19H20N4O4/c24-16-2-1-15(17(25)21-16)23-9-12-3-11-8-22(7-10-5-20-6-10)18(26)13(11)4-14(12)19(23)27/h3-4,10,15,20H,1-2,5-9H2,(H,21,24,25). The smallest absolute Gasteiger partial charge is 0.255 e. The number of nitrogens with zero attached hydrogens (tertiary/aromatic N) is 2. The average molecular weight is 368 g/mol. The van der Waals surface area contributed by atoms with E-state index in [0.717, 1.165) is 30.8 Å². The van der Waals surface area contributed by atoms with Gasteiger partial charge in [-0.2, -0.15) is 0 Å². The van der Waals surface area contributed by atoms with Crippen molar-refractivity contribution in [3.63, 3.8) is 0 Å². The molecule has 4 amide bonds. The topological polar surface area (TPSA) is 98.8 Å². The molecular weight excluding hydrogens is 348 g/mol.